The number of nitrogens with zero attached hydrogens (tertiary/aromatic N) is 2. The molecule has 1 aliphatic heterocycles. The van der Waals surface area contributed by atoms with Crippen LogP contribution in [0.1, 0.15) is 26.3 Å². The Morgan fingerprint density at radius 3 is 2.61 bits per heavy atom. The van der Waals surface area contributed by atoms with Crippen LogP contribution in [0.5, 0.6) is 11.5 Å². The number of phenols is 1. The number of amides is 2. The molecule has 0 fully saturated rings. The van der Waals surface area contributed by atoms with Crippen molar-refractivity contribution in [2.24, 2.45) is 0 Å². The van der Waals surface area contributed by atoms with E-state index in [1.807, 2.05) is 25.1 Å². The first kappa shape index (κ1) is 24.5. The number of rotatable bonds is 5. The molecule has 2 aromatic carbocycles. The summed E-state index contributed by atoms with van der Waals surface area (Å²) >= 11 is 6.42. The highest BCUT2D eigenvalue weighted by molar-refractivity contribution is 6.33. The Bertz CT molecular complexity index is 1040. The number of anilines is 2. The first-order valence-corrected chi connectivity index (χ1v) is 11.1. The number of nitrogens with one attached hydrogen (secondary N) is 1. The van der Waals surface area contributed by atoms with Gasteiger partial charge in [0.2, 0.25) is 0 Å². The molecule has 8 nitrogen and oxygen atoms in total. The van der Waals surface area contributed by atoms with Crippen molar-refractivity contribution in [2.45, 2.75) is 38.9 Å². The molecule has 0 radical (unpaired) electrons. The average molecular weight is 476 g/mol. The Morgan fingerprint density at radius 1 is 1.27 bits per heavy atom. The van der Waals surface area contributed by atoms with Gasteiger partial charge in [0.05, 0.1) is 22.9 Å². The number of halogens is 1. The van der Waals surface area contributed by atoms with Crippen LogP contribution in [-0.4, -0.2) is 56.0 Å². The van der Waals surface area contributed by atoms with Crippen molar-refractivity contribution in [3.05, 3.63) is 47.0 Å². The van der Waals surface area contributed by atoms with Crippen LogP contribution in [0.25, 0.3) is 0 Å². The second-order valence-corrected chi connectivity index (χ2v) is 9.44. The van der Waals surface area contributed by atoms with Crippen LogP contribution in [0, 0.1) is 0 Å². The number of hydrogen-bond acceptors (Lipinski definition) is 6. The van der Waals surface area contributed by atoms with Gasteiger partial charge >= 0.3 is 6.09 Å². The largest absolute Gasteiger partial charge is 0.508 e. The van der Waals surface area contributed by atoms with Gasteiger partial charge in [-0.25, -0.2) is 4.79 Å². The molecule has 0 spiro atoms. The fourth-order valence-corrected chi connectivity index (χ4v) is 3.74. The minimum Gasteiger partial charge on any atom is -0.508 e. The van der Waals surface area contributed by atoms with Crippen LogP contribution < -0.4 is 19.9 Å². The fourth-order valence-electron chi connectivity index (χ4n) is 3.42. The molecule has 2 amide bonds. The maximum absolute atomic E-state index is 12.9. The maximum atomic E-state index is 12.9. The molecule has 9 heteroatoms. The summed E-state index contributed by atoms with van der Waals surface area (Å²) in [6.45, 7) is 5.60. The number of hydrogen-bond donors (Lipinski definition) is 2. The molecule has 1 atom stereocenters. The predicted molar refractivity (Wildman–Crippen MR) is 129 cm³/mol. The number of benzene rings is 2. The van der Waals surface area contributed by atoms with Crippen LogP contribution >= 0.6 is 11.6 Å². The van der Waals surface area contributed by atoms with Gasteiger partial charge in [-0.15, -0.1) is 0 Å². The number of carbonyl (C=O) groups excluding carboxylic acids is 2. The number of ether oxygens (including phenoxy) is 2. The Kier molecular flexibility index (Phi) is 7.27. The van der Waals surface area contributed by atoms with Crippen molar-refractivity contribution >= 4 is 35.0 Å². The van der Waals surface area contributed by atoms with E-state index in [0.717, 1.165) is 5.56 Å². The van der Waals surface area contributed by atoms with Gasteiger partial charge in [-0.05, 0) is 44.9 Å². The molecule has 1 unspecified atom stereocenters. The van der Waals surface area contributed by atoms with E-state index in [2.05, 4.69) is 5.32 Å². The molecular formula is C24H30ClN3O5. The second-order valence-electron chi connectivity index (χ2n) is 9.03. The van der Waals surface area contributed by atoms with E-state index in [1.165, 1.54) is 4.90 Å². The van der Waals surface area contributed by atoms with Crippen molar-refractivity contribution in [3.63, 3.8) is 0 Å². The lowest BCUT2D eigenvalue weighted by atomic mass is 10.1. The van der Waals surface area contributed by atoms with Crippen LogP contribution in [-0.2, 0) is 16.0 Å². The summed E-state index contributed by atoms with van der Waals surface area (Å²) in [4.78, 5) is 29.1. The molecule has 3 rings (SSSR count). The Balaban J connectivity index is 1.81. The average Bonchev–Trinajstić information content (AvgIpc) is 2.72. The van der Waals surface area contributed by atoms with Gasteiger partial charge in [-0.2, -0.15) is 0 Å². The van der Waals surface area contributed by atoms with Gasteiger partial charge in [0.25, 0.3) is 5.91 Å². The van der Waals surface area contributed by atoms with E-state index in [1.54, 1.807) is 51.1 Å². The smallest absolute Gasteiger partial charge is 0.415 e. The second kappa shape index (κ2) is 9.79. The molecular weight excluding hydrogens is 446 g/mol. The van der Waals surface area contributed by atoms with Crippen LogP contribution in [0.2, 0.25) is 5.02 Å². The molecule has 0 saturated carbocycles. The van der Waals surface area contributed by atoms with Crippen molar-refractivity contribution in [2.75, 3.05) is 37.0 Å². The van der Waals surface area contributed by atoms with E-state index in [0.29, 0.717) is 35.1 Å². The molecule has 0 aliphatic carbocycles. The summed E-state index contributed by atoms with van der Waals surface area (Å²) in [5.74, 6) is 0.172. The zero-order valence-corrected chi connectivity index (χ0v) is 20.3. The SMILES string of the molecule is CN(C)c1cc2c(cc1Cl)N(C(=O)OC(C)(C)C)CC(C(=O)NCCc1ccccc1O)O2. The van der Waals surface area contributed by atoms with Gasteiger partial charge in [0, 0.05) is 26.7 Å². The van der Waals surface area contributed by atoms with Crippen molar-refractivity contribution in [3.8, 4) is 11.5 Å². The minimum atomic E-state index is -0.939. The normalized spacial score (nSPS) is 15.3. The Morgan fingerprint density at radius 2 is 1.97 bits per heavy atom. The first-order valence-electron chi connectivity index (χ1n) is 10.7. The van der Waals surface area contributed by atoms with E-state index in [-0.39, 0.29) is 18.2 Å². The highest BCUT2D eigenvalue weighted by Gasteiger charge is 2.36. The predicted octanol–water partition coefficient (Wildman–Crippen LogP) is 3.97. The number of para-hydroxylation sites is 1. The van der Waals surface area contributed by atoms with Gasteiger partial charge in [0.15, 0.2) is 6.10 Å². The standard InChI is InChI=1S/C24H30ClN3O5/c1-24(2,3)33-23(31)28-14-21(22(30)26-11-10-15-8-6-7-9-19(15)29)32-20-13-17(27(4)5)16(25)12-18(20)28/h6-9,12-13,21,29H,10-11,14H2,1-5H3,(H,26,30). The summed E-state index contributed by atoms with van der Waals surface area (Å²) in [5, 5.41) is 13.2. The van der Waals surface area contributed by atoms with E-state index in [9.17, 15) is 14.7 Å². The van der Waals surface area contributed by atoms with Crippen LogP contribution in [0.15, 0.2) is 36.4 Å². The minimum absolute atomic E-state index is 0.0258. The van der Waals surface area contributed by atoms with E-state index < -0.39 is 17.8 Å². The first-order chi connectivity index (χ1) is 15.5. The topological polar surface area (TPSA) is 91.3 Å². The van der Waals surface area contributed by atoms with Gasteiger partial charge in [-0.3, -0.25) is 9.69 Å². The lowest BCUT2D eigenvalue weighted by Crippen LogP contribution is -2.52. The summed E-state index contributed by atoms with van der Waals surface area (Å²) in [6, 6.07) is 10.3. The highest BCUT2D eigenvalue weighted by atomic mass is 35.5. The summed E-state index contributed by atoms with van der Waals surface area (Å²) in [7, 11) is 3.68. The molecule has 2 N–H and O–H groups in total. The van der Waals surface area contributed by atoms with Crippen LogP contribution in [0.3, 0.4) is 0 Å². The lowest BCUT2D eigenvalue weighted by Gasteiger charge is -2.36. The molecule has 2 aromatic rings. The number of aromatic hydroxyl groups is 1. The molecule has 0 bridgehead atoms. The third-order valence-electron chi connectivity index (χ3n) is 5.01. The van der Waals surface area contributed by atoms with Crippen LogP contribution in [0.4, 0.5) is 16.2 Å². The maximum Gasteiger partial charge on any atom is 0.415 e. The monoisotopic (exact) mass is 475 g/mol. The van der Waals surface area contributed by atoms with E-state index >= 15 is 0 Å². The molecule has 178 valence electrons. The summed E-state index contributed by atoms with van der Waals surface area (Å²) in [6.07, 6.45) is -1.07. The highest BCUT2D eigenvalue weighted by Crippen LogP contribution is 2.41. The molecule has 33 heavy (non-hydrogen) atoms. The molecule has 1 aliphatic rings. The molecule has 0 saturated heterocycles. The van der Waals surface area contributed by atoms with Crippen molar-refractivity contribution in [1.82, 2.24) is 5.32 Å². The molecule has 0 aromatic heterocycles. The molecule has 1 heterocycles. The zero-order valence-electron chi connectivity index (χ0n) is 19.5. The Labute approximate surface area is 199 Å². The zero-order chi connectivity index (χ0) is 24.3. The van der Waals surface area contributed by atoms with Gasteiger partial charge in [-0.1, -0.05) is 29.8 Å². The van der Waals surface area contributed by atoms with Gasteiger partial charge < -0.3 is 24.8 Å². The Hall–Kier alpha value is -3.13. The summed E-state index contributed by atoms with van der Waals surface area (Å²) < 4.78 is 11.5. The quantitative estimate of drug-likeness (QED) is 0.679. The van der Waals surface area contributed by atoms with E-state index in [4.69, 9.17) is 21.1 Å². The third kappa shape index (κ3) is 6.01. The number of carbonyl (C=O) groups is 2. The van der Waals surface area contributed by atoms with Crippen molar-refractivity contribution < 1.29 is 24.2 Å². The fraction of sp³-hybridized carbons (Fsp3) is 0.417. The number of phenolic OH excluding ortho intramolecular Hbond substituents is 1. The van der Waals surface area contributed by atoms with Crippen molar-refractivity contribution in [1.29, 1.82) is 0 Å². The number of fused-ring (bicyclic) bond motifs is 1. The van der Waals surface area contributed by atoms with Gasteiger partial charge in [0.1, 0.15) is 17.1 Å². The third-order valence-corrected chi connectivity index (χ3v) is 5.31. The summed E-state index contributed by atoms with van der Waals surface area (Å²) in [5.41, 5.74) is 1.16. The lowest BCUT2D eigenvalue weighted by molar-refractivity contribution is -0.127.